The Hall–Kier alpha value is -2.17. The van der Waals surface area contributed by atoms with Crippen LogP contribution in [0.2, 0.25) is 0 Å². The van der Waals surface area contributed by atoms with Crippen LogP contribution in [0.1, 0.15) is 45.7 Å². The highest BCUT2D eigenvalue weighted by molar-refractivity contribution is 5.73. The van der Waals surface area contributed by atoms with E-state index >= 15 is 0 Å². The van der Waals surface area contributed by atoms with Crippen LogP contribution in [0, 0.1) is 0 Å². The second-order valence-electron chi connectivity index (χ2n) is 6.15. The van der Waals surface area contributed by atoms with Crippen LogP contribution in [0.4, 0.5) is 0 Å². The van der Waals surface area contributed by atoms with E-state index in [0.29, 0.717) is 6.42 Å². The molecule has 0 saturated heterocycles. The first-order valence-electron chi connectivity index (χ1n) is 7.08. The molecule has 0 aliphatic heterocycles. The number of nitrogens with zero attached hydrogens (tertiary/aromatic N) is 3. The first-order valence-corrected chi connectivity index (χ1v) is 7.08. The second kappa shape index (κ2) is 5.68. The van der Waals surface area contributed by atoms with Gasteiger partial charge in [-0.3, -0.25) is 0 Å². The first kappa shape index (κ1) is 15.2. The van der Waals surface area contributed by atoms with Crippen LogP contribution in [0.3, 0.4) is 0 Å². The summed E-state index contributed by atoms with van der Waals surface area (Å²) < 4.78 is 1.48. The van der Waals surface area contributed by atoms with Crippen molar-refractivity contribution in [1.29, 1.82) is 0 Å². The number of aliphatic carboxylic acids is 1. The monoisotopic (exact) mass is 287 g/mol. The third kappa shape index (κ3) is 3.12. The Morgan fingerprint density at radius 3 is 2.38 bits per heavy atom. The molecule has 2 rings (SSSR count). The van der Waals surface area contributed by atoms with Crippen LogP contribution in [-0.4, -0.2) is 26.1 Å². The second-order valence-corrected chi connectivity index (χ2v) is 6.15. The largest absolute Gasteiger partial charge is 0.480 e. The summed E-state index contributed by atoms with van der Waals surface area (Å²) in [5.41, 5.74) is 2.97. The Labute approximate surface area is 124 Å². The van der Waals surface area contributed by atoms with Gasteiger partial charge in [-0.25, -0.2) is 9.48 Å². The third-order valence-electron chi connectivity index (χ3n) is 3.59. The lowest BCUT2D eigenvalue weighted by atomic mass is 9.86. The molecule has 0 fully saturated rings. The van der Waals surface area contributed by atoms with Gasteiger partial charge in [-0.2, -0.15) is 0 Å². The Kier molecular flexibility index (Phi) is 4.11. The van der Waals surface area contributed by atoms with E-state index in [1.807, 2.05) is 19.1 Å². The molecule has 0 saturated carbocycles. The Bertz CT molecular complexity index is 624. The van der Waals surface area contributed by atoms with E-state index in [1.165, 1.54) is 10.2 Å². The van der Waals surface area contributed by atoms with Crippen LogP contribution in [-0.2, 0) is 10.2 Å². The van der Waals surface area contributed by atoms with Gasteiger partial charge in [0, 0.05) is 5.56 Å². The van der Waals surface area contributed by atoms with Crippen molar-refractivity contribution in [1.82, 2.24) is 15.0 Å². The average Bonchev–Trinajstić information content (AvgIpc) is 2.87. The van der Waals surface area contributed by atoms with Gasteiger partial charge in [0.2, 0.25) is 0 Å². The zero-order valence-corrected chi connectivity index (χ0v) is 12.9. The topological polar surface area (TPSA) is 68.0 Å². The van der Waals surface area contributed by atoms with Crippen molar-refractivity contribution in [2.24, 2.45) is 0 Å². The molecule has 0 aliphatic rings. The maximum absolute atomic E-state index is 11.3. The van der Waals surface area contributed by atoms with Crippen LogP contribution in [0.15, 0.2) is 30.5 Å². The summed E-state index contributed by atoms with van der Waals surface area (Å²) in [7, 11) is 0. The molecule has 0 amide bonds. The summed E-state index contributed by atoms with van der Waals surface area (Å²) >= 11 is 0. The summed E-state index contributed by atoms with van der Waals surface area (Å²) in [6.07, 6.45) is 2.07. The van der Waals surface area contributed by atoms with E-state index in [9.17, 15) is 9.90 Å². The highest BCUT2D eigenvalue weighted by Gasteiger charge is 2.22. The Morgan fingerprint density at radius 2 is 1.90 bits per heavy atom. The van der Waals surface area contributed by atoms with Crippen molar-refractivity contribution in [3.8, 4) is 11.3 Å². The zero-order valence-electron chi connectivity index (χ0n) is 12.9. The number of aromatic nitrogens is 3. The molecule has 2 aromatic rings. The van der Waals surface area contributed by atoms with Crippen LogP contribution >= 0.6 is 0 Å². The highest BCUT2D eigenvalue weighted by atomic mass is 16.4. The van der Waals surface area contributed by atoms with Crippen molar-refractivity contribution >= 4 is 5.97 Å². The highest BCUT2D eigenvalue weighted by Crippen LogP contribution is 2.27. The predicted molar refractivity (Wildman–Crippen MR) is 81.1 cm³/mol. The van der Waals surface area contributed by atoms with E-state index in [1.54, 1.807) is 6.20 Å². The van der Waals surface area contributed by atoms with Gasteiger partial charge in [0.05, 0.1) is 11.9 Å². The molecule has 1 unspecified atom stereocenters. The SMILES string of the molecule is CCC(C(=O)O)n1nncc1-c1ccc(C(C)(C)C)cc1. The summed E-state index contributed by atoms with van der Waals surface area (Å²) in [6.45, 7) is 8.30. The fourth-order valence-corrected chi connectivity index (χ4v) is 2.27. The lowest BCUT2D eigenvalue weighted by Gasteiger charge is -2.19. The minimum atomic E-state index is -0.893. The van der Waals surface area contributed by atoms with E-state index in [0.717, 1.165) is 11.3 Å². The summed E-state index contributed by atoms with van der Waals surface area (Å²) in [5.74, 6) is -0.893. The number of hydrogen-bond acceptors (Lipinski definition) is 3. The lowest BCUT2D eigenvalue weighted by Crippen LogP contribution is -2.20. The van der Waals surface area contributed by atoms with Crippen molar-refractivity contribution in [3.63, 3.8) is 0 Å². The molecule has 0 bridgehead atoms. The Morgan fingerprint density at radius 1 is 1.29 bits per heavy atom. The normalized spacial score (nSPS) is 13.1. The van der Waals surface area contributed by atoms with Crippen molar-refractivity contribution in [2.75, 3.05) is 0 Å². The average molecular weight is 287 g/mol. The molecular weight excluding hydrogens is 266 g/mol. The van der Waals surface area contributed by atoms with Crippen molar-refractivity contribution in [3.05, 3.63) is 36.0 Å². The van der Waals surface area contributed by atoms with E-state index in [4.69, 9.17) is 0 Å². The number of carboxylic acid groups (broad SMARTS) is 1. The van der Waals surface area contributed by atoms with E-state index in [2.05, 4.69) is 43.2 Å². The number of hydrogen-bond donors (Lipinski definition) is 1. The van der Waals surface area contributed by atoms with Gasteiger partial charge in [0.15, 0.2) is 6.04 Å². The summed E-state index contributed by atoms with van der Waals surface area (Å²) in [5, 5.41) is 17.1. The molecule has 21 heavy (non-hydrogen) atoms. The van der Waals surface area contributed by atoms with Crippen LogP contribution in [0.5, 0.6) is 0 Å². The molecular formula is C16H21N3O2. The van der Waals surface area contributed by atoms with Crippen molar-refractivity contribution < 1.29 is 9.90 Å². The quantitative estimate of drug-likeness (QED) is 0.937. The molecule has 1 aromatic heterocycles. The Balaban J connectivity index is 2.40. The number of benzene rings is 1. The molecule has 1 N–H and O–H groups in total. The smallest absolute Gasteiger partial charge is 0.328 e. The first-order chi connectivity index (χ1) is 9.84. The lowest BCUT2D eigenvalue weighted by molar-refractivity contribution is -0.141. The minimum absolute atomic E-state index is 0.0873. The maximum Gasteiger partial charge on any atom is 0.328 e. The molecule has 0 radical (unpaired) electrons. The van der Waals surface area contributed by atoms with Gasteiger partial charge in [-0.05, 0) is 17.4 Å². The third-order valence-corrected chi connectivity index (χ3v) is 3.59. The van der Waals surface area contributed by atoms with E-state index < -0.39 is 12.0 Å². The van der Waals surface area contributed by atoms with Crippen molar-refractivity contribution in [2.45, 2.75) is 45.6 Å². The van der Waals surface area contributed by atoms with Crippen LogP contribution < -0.4 is 0 Å². The van der Waals surface area contributed by atoms with Gasteiger partial charge in [0.25, 0.3) is 0 Å². The summed E-state index contributed by atoms with van der Waals surface area (Å²) in [4.78, 5) is 11.3. The molecule has 112 valence electrons. The fourth-order valence-electron chi connectivity index (χ4n) is 2.27. The van der Waals surface area contributed by atoms with Crippen LogP contribution in [0.25, 0.3) is 11.3 Å². The van der Waals surface area contributed by atoms with E-state index in [-0.39, 0.29) is 5.41 Å². The summed E-state index contributed by atoms with van der Waals surface area (Å²) in [6, 6.07) is 7.42. The maximum atomic E-state index is 11.3. The molecule has 5 nitrogen and oxygen atoms in total. The minimum Gasteiger partial charge on any atom is -0.480 e. The standard InChI is InChI=1S/C16H21N3O2/c1-5-13(15(20)21)19-14(10-17-18-19)11-6-8-12(9-7-11)16(2,3)4/h6-10,13H,5H2,1-4H3,(H,20,21). The molecule has 1 atom stereocenters. The van der Waals surface area contributed by atoms with Gasteiger partial charge in [-0.15, -0.1) is 5.10 Å². The van der Waals surface area contributed by atoms with Gasteiger partial charge >= 0.3 is 5.97 Å². The molecule has 0 spiro atoms. The molecule has 1 aromatic carbocycles. The molecule has 5 heteroatoms. The number of carboxylic acids is 1. The van der Waals surface area contributed by atoms with Gasteiger partial charge in [0.1, 0.15) is 0 Å². The zero-order chi connectivity index (χ0) is 15.6. The number of carbonyl (C=O) groups is 1. The molecule has 1 heterocycles. The van der Waals surface area contributed by atoms with Gasteiger partial charge < -0.3 is 5.11 Å². The fraction of sp³-hybridized carbons (Fsp3) is 0.438. The predicted octanol–water partition coefficient (Wildman–Crippen LogP) is 3.28. The van der Waals surface area contributed by atoms with Gasteiger partial charge in [-0.1, -0.05) is 57.2 Å². The number of rotatable bonds is 4. The molecule has 0 aliphatic carbocycles.